The van der Waals surface area contributed by atoms with Gasteiger partial charge in [0.15, 0.2) is 0 Å². The zero-order valence-electron chi connectivity index (χ0n) is 34.6. The Morgan fingerprint density at radius 1 is 0.534 bits per heavy atom. The molecule has 0 spiro atoms. The van der Waals surface area contributed by atoms with Crippen LogP contribution in [-0.4, -0.2) is 62.0 Å². The van der Waals surface area contributed by atoms with Gasteiger partial charge in [0.1, 0.15) is 23.0 Å². The molecule has 0 bridgehead atoms. The molecule has 318 valence electrons. The van der Waals surface area contributed by atoms with Gasteiger partial charge in [-0.2, -0.15) is 0 Å². The first kappa shape index (κ1) is 49.0. The lowest BCUT2D eigenvalue weighted by atomic mass is 10.1. The second kappa shape index (κ2) is 31.9. The van der Waals surface area contributed by atoms with Gasteiger partial charge in [0.05, 0.1) is 32.0 Å². The number of carbonyl (C=O) groups is 4. The largest absolute Gasteiger partial charge is 0.494 e. The highest BCUT2D eigenvalue weighted by molar-refractivity contribution is 5.91. The number of benzene rings is 3. The van der Waals surface area contributed by atoms with Gasteiger partial charge in [-0.15, -0.1) is 0 Å². The summed E-state index contributed by atoms with van der Waals surface area (Å²) in [5.74, 6) is 1.01. The maximum atomic E-state index is 12.3. The molecular weight excluding hydrogens is 741 g/mol. The number of aliphatic hydroxyl groups excluding tert-OH is 1. The number of aliphatic hydroxyl groups is 1. The van der Waals surface area contributed by atoms with Crippen molar-refractivity contribution in [1.29, 1.82) is 0 Å². The second-order valence-electron chi connectivity index (χ2n) is 13.9. The van der Waals surface area contributed by atoms with Crippen LogP contribution in [0.4, 0.5) is 0 Å². The van der Waals surface area contributed by atoms with Crippen molar-refractivity contribution in [3.63, 3.8) is 0 Å². The molecule has 1 N–H and O–H groups in total. The molecular formula is C47H64O11. The van der Waals surface area contributed by atoms with Gasteiger partial charge in [-0.3, -0.25) is 9.59 Å². The molecule has 3 aromatic rings. The lowest BCUT2D eigenvalue weighted by molar-refractivity contribution is -0.144. The quantitative estimate of drug-likeness (QED) is 0.0310. The van der Waals surface area contributed by atoms with Gasteiger partial charge in [0, 0.05) is 26.0 Å². The monoisotopic (exact) mass is 804 g/mol. The first-order valence-corrected chi connectivity index (χ1v) is 20.7. The zero-order chi connectivity index (χ0) is 42.1. The molecule has 0 atom stereocenters. The summed E-state index contributed by atoms with van der Waals surface area (Å²) >= 11 is 0. The van der Waals surface area contributed by atoms with E-state index < -0.39 is 11.9 Å². The van der Waals surface area contributed by atoms with Crippen molar-refractivity contribution in [3.8, 4) is 23.0 Å². The molecule has 58 heavy (non-hydrogen) atoms. The van der Waals surface area contributed by atoms with E-state index in [1.165, 1.54) is 37.8 Å². The van der Waals surface area contributed by atoms with Crippen molar-refractivity contribution in [2.24, 2.45) is 0 Å². The van der Waals surface area contributed by atoms with Gasteiger partial charge in [-0.1, -0.05) is 82.1 Å². The van der Waals surface area contributed by atoms with E-state index >= 15 is 0 Å². The number of carbonyl (C=O) groups excluding carboxylic acids is 4. The molecule has 0 radical (unpaired) electrons. The van der Waals surface area contributed by atoms with Crippen molar-refractivity contribution in [3.05, 3.63) is 96.6 Å². The summed E-state index contributed by atoms with van der Waals surface area (Å²) in [5, 5.41) is 8.66. The molecule has 3 aromatic carbocycles. The van der Waals surface area contributed by atoms with E-state index in [1.54, 1.807) is 48.5 Å². The molecule has 0 amide bonds. The third-order valence-electron chi connectivity index (χ3n) is 8.73. The molecule has 0 aliphatic heterocycles. The Labute approximate surface area is 345 Å². The number of aryl methyl sites for hydroxylation is 1. The first-order chi connectivity index (χ1) is 28.2. The Morgan fingerprint density at radius 2 is 0.966 bits per heavy atom. The summed E-state index contributed by atoms with van der Waals surface area (Å²) in [6.45, 7) is 9.31. The van der Waals surface area contributed by atoms with Crippen LogP contribution in [0.25, 0.3) is 0 Å². The van der Waals surface area contributed by atoms with E-state index in [4.69, 9.17) is 33.5 Å². The molecule has 0 unspecified atom stereocenters. The minimum absolute atomic E-state index is 0.105. The maximum Gasteiger partial charge on any atom is 0.343 e. The molecule has 0 aromatic heterocycles. The SMILES string of the molecule is C=CC(=O)OCCCCCCCCOc1ccc(C(=O)Oc2ccc(OC(C)=O)cc2)cc1.Cc1ccc(OCCCCCCCCOC(=O)CCCCCO)cc1. The Kier molecular flexibility index (Phi) is 26.9. The lowest BCUT2D eigenvalue weighted by Crippen LogP contribution is -2.08. The van der Waals surface area contributed by atoms with E-state index in [-0.39, 0.29) is 18.5 Å². The van der Waals surface area contributed by atoms with E-state index in [1.807, 2.05) is 12.1 Å². The predicted octanol–water partition coefficient (Wildman–Crippen LogP) is 10.1. The van der Waals surface area contributed by atoms with Gasteiger partial charge < -0.3 is 33.5 Å². The summed E-state index contributed by atoms with van der Waals surface area (Å²) in [4.78, 5) is 45.6. The van der Waals surface area contributed by atoms with E-state index in [2.05, 4.69) is 25.6 Å². The number of esters is 4. The standard InChI is InChI=1S/C26H30O7.C21H34O4/c1-3-25(28)31-19-9-7-5-4-6-8-18-30-22-12-10-21(11-13-22)26(29)33-24-16-14-23(15-17-24)32-20(2)27;1-19-12-14-20(15-13-19)24-17-9-4-2-3-5-10-18-25-21(23)11-7-6-8-16-22/h3,10-17H,1,4-9,18-19H2,2H3;12-15,22H,2-11,16-18H2,1H3. The fraction of sp³-hybridized carbons (Fsp3) is 0.489. The van der Waals surface area contributed by atoms with Gasteiger partial charge >= 0.3 is 23.9 Å². The third kappa shape index (κ3) is 25.2. The predicted molar refractivity (Wildman–Crippen MR) is 224 cm³/mol. The van der Waals surface area contributed by atoms with Gasteiger partial charge in [-0.05, 0) is 106 Å². The van der Waals surface area contributed by atoms with Crippen LogP contribution in [0.5, 0.6) is 23.0 Å². The summed E-state index contributed by atoms with van der Waals surface area (Å²) in [6.07, 6.45) is 16.9. The minimum atomic E-state index is -0.485. The topological polar surface area (TPSA) is 144 Å². The lowest BCUT2D eigenvalue weighted by Gasteiger charge is -2.08. The van der Waals surface area contributed by atoms with Crippen LogP contribution in [-0.2, 0) is 23.9 Å². The molecule has 3 rings (SSSR count). The van der Waals surface area contributed by atoms with Crippen LogP contribution >= 0.6 is 0 Å². The fourth-order valence-electron chi connectivity index (χ4n) is 5.48. The van der Waals surface area contributed by atoms with E-state index in [9.17, 15) is 19.2 Å². The van der Waals surface area contributed by atoms with Gasteiger partial charge in [-0.25, -0.2) is 9.59 Å². The van der Waals surface area contributed by atoms with E-state index in [0.717, 1.165) is 89.4 Å². The molecule has 0 saturated heterocycles. The summed E-state index contributed by atoms with van der Waals surface area (Å²) in [5.41, 5.74) is 1.66. The van der Waals surface area contributed by atoms with Crippen LogP contribution in [0.3, 0.4) is 0 Å². The maximum absolute atomic E-state index is 12.3. The molecule has 0 aliphatic carbocycles. The molecule has 0 aliphatic rings. The second-order valence-corrected chi connectivity index (χ2v) is 13.9. The first-order valence-electron chi connectivity index (χ1n) is 20.7. The van der Waals surface area contributed by atoms with Gasteiger partial charge in [0.25, 0.3) is 0 Å². The summed E-state index contributed by atoms with van der Waals surface area (Å²) in [6, 6.07) is 21.2. The summed E-state index contributed by atoms with van der Waals surface area (Å²) in [7, 11) is 0. The highest BCUT2D eigenvalue weighted by Gasteiger charge is 2.10. The molecule has 11 nitrogen and oxygen atoms in total. The third-order valence-corrected chi connectivity index (χ3v) is 8.73. The Balaban J connectivity index is 0.000000416. The smallest absolute Gasteiger partial charge is 0.343 e. The number of rotatable bonds is 29. The average Bonchev–Trinajstić information content (AvgIpc) is 3.22. The number of hydrogen-bond donors (Lipinski definition) is 1. The molecule has 0 heterocycles. The van der Waals surface area contributed by atoms with Crippen LogP contribution in [0, 0.1) is 6.92 Å². The zero-order valence-corrected chi connectivity index (χ0v) is 34.6. The van der Waals surface area contributed by atoms with Crippen molar-refractivity contribution in [2.45, 2.75) is 117 Å². The van der Waals surface area contributed by atoms with E-state index in [0.29, 0.717) is 49.1 Å². The minimum Gasteiger partial charge on any atom is -0.494 e. The molecule has 0 saturated carbocycles. The Bertz CT molecular complexity index is 1570. The highest BCUT2D eigenvalue weighted by atomic mass is 16.5. The summed E-state index contributed by atoms with van der Waals surface area (Å²) < 4.78 is 31.8. The number of unbranched alkanes of at least 4 members (excludes halogenated alkanes) is 12. The van der Waals surface area contributed by atoms with Crippen LogP contribution < -0.4 is 18.9 Å². The highest BCUT2D eigenvalue weighted by Crippen LogP contribution is 2.20. The van der Waals surface area contributed by atoms with Crippen molar-refractivity contribution in [2.75, 3.05) is 33.0 Å². The van der Waals surface area contributed by atoms with Crippen molar-refractivity contribution in [1.82, 2.24) is 0 Å². The molecule has 11 heteroatoms. The normalized spacial score (nSPS) is 10.4. The van der Waals surface area contributed by atoms with Crippen molar-refractivity contribution >= 4 is 23.9 Å². The van der Waals surface area contributed by atoms with Gasteiger partial charge in [0.2, 0.25) is 0 Å². The van der Waals surface area contributed by atoms with Crippen LogP contribution in [0.1, 0.15) is 126 Å². The van der Waals surface area contributed by atoms with Crippen molar-refractivity contribution < 1.29 is 52.7 Å². The fourth-order valence-corrected chi connectivity index (χ4v) is 5.48. The molecule has 0 fully saturated rings. The Morgan fingerprint density at radius 3 is 1.47 bits per heavy atom. The average molecular weight is 805 g/mol. The van der Waals surface area contributed by atoms with Crippen LogP contribution in [0.15, 0.2) is 85.5 Å². The van der Waals surface area contributed by atoms with Crippen LogP contribution in [0.2, 0.25) is 0 Å². The number of ether oxygens (including phenoxy) is 6. The Hall–Kier alpha value is -5.16. The number of hydrogen-bond acceptors (Lipinski definition) is 11.